The van der Waals surface area contributed by atoms with Gasteiger partial charge in [-0.15, -0.1) is 11.3 Å². The largest absolute Gasteiger partial charge is 0.347 e. The fraction of sp³-hybridized carbons (Fsp3) is 0.458. The van der Waals surface area contributed by atoms with Gasteiger partial charge in [-0.25, -0.2) is 0 Å². The third-order valence-corrected chi connectivity index (χ3v) is 8.05. The molecular weight excluding hydrogens is 410 g/mol. The summed E-state index contributed by atoms with van der Waals surface area (Å²) in [6, 6.07) is 8.01. The number of hydrogen-bond acceptors (Lipinski definition) is 4. The van der Waals surface area contributed by atoms with Crippen LogP contribution in [0.25, 0.3) is 0 Å². The molecule has 0 saturated heterocycles. The molecule has 2 N–H and O–H groups in total. The summed E-state index contributed by atoms with van der Waals surface area (Å²) in [5.41, 5.74) is 3.77. The Balaban J connectivity index is 1.27. The first kappa shape index (κ1) is 20.2. The van der Waals surface area contributed by atoms with Crippen LogP contribution in [-0.4, -0.2) is 30.8 Å². The van der Waals surface area contributed by atoms with Crippen molar-refractivity contribution in [3.05, 3.63) is 45.6 Å². The van der Waals surface area contributed by atoms with Crippen LogP contribution in [0.1, 0.15) is 54.5 Å². The van der Waals surface area contributed by atoms with Crippen molar-refractivity contribution >= 4 is 40.4 Å². The van der Waals surface area contributed by atoms with E-state index < -0.39 is 11.8 Å². The van der Waals surface area contributed by atoms with Gasteiger partial charge in [0.15, 0.2) is 0 Å². The quantitative estimate of drug-likeness (QED) is 0.718. The maximum absolute atomic E-state index is 12.6. The van der Waals surface area contributed by atoms with Crippen molar-refractivity contribution in [2.45, 2.75) is 56.8 Å². The Hall–Kier alpha value is -2.67. The molecule has 31 heavy (non-hydrogen) atoms. The van der Waals surface area contributed by atoms with E-state index in [0.29, 0.717) is 25.1 Å². The number of aryl methyl sites for hydroxylation is 2. The molecule has 7 heteroatoms. The van der Waals surface area contributed by atoms with Gasteiger partial charge in [-0.05, 0) is 66.8 Å². The van der Waals surface area contributed by atoms with Gasteiger partial charge in [0.1, 0.15) is 0 Å². The van der Waals surface area contributed by atoms with E-state index in [-0.39, 0.29) is 11.3 Å². The van der Waals surface area contributed by atoms with Crippen LogP contribution in [0.2, 0.25) is 0 Å². The van der Waals surface area contributed by atoms with Crippen LogP contribution < -0.4 is 15.5 Å². The standard InChI is InChI=1S/C24H27N3O3S/c28-20-8-7-17-14-18(13-16-5-3-11-27(20)21(16)17)26-23(30)22(29)25-15-24(9-1-2-10-24)19-6-4-12-31-19/h4,6,12-14H,1-3,5,7-11,15H2,(H,25,29)(H,26,30). The topological polar surface area (TPSA) is 78.5 Å². The number of nitrogens with one attached hydrogen (secondary N) is 2. The lowest BCUT2D eigenvalue weighted by Gasteiger charge is -2.35. The first-order chi connectivity index (χ1) is 15.1. The third-order valence-electron chi connectivity index (χ3n) is 6.93. The minimum Gasteiger partial charge on any atom is -0.347 e. The highest BCUT2D eigenvalue weighted by molar-refractivity contribution is 7.10. The minimum atomic E-state index is -0.633. The lowest BCUT2D eigenvalue weighted by Crippen LogP contribution is -2.43. The minimum absolute atomic E-state index is 0.0455. The second kappa shape index (κ2) is 8.11. The molecule has 1 aromatic heterocycles. The number of nitrogens with zero attached hydrogens (tertiary/aromatic N) is 1. The first-order valence-corrected chi connectivity index (χ1v) is 12.0. The van der Waals surface area contributed by atoms with E-state index in [9.17, 15) is 14.4 Å². The molecule has 2 aliphatic heterocycles. The number of rotatable bonds is 4. The number of hydrogen-bond donors (Lipinski definition) is 2. The van der Waals surface area contributed by atoms with Gasteiger partial charge in [0.25, 0.3) is 0 Å². The molecule has 3 heterocycles. The molecule has 1 fully saturated rings. The summed E-state index contributed by atoms with van der Waals surface area (Å²) in [6.07, 6.45) is 7.35. The van der Waals surface area contributed by atoms with Crippen molar-refractivity contribution in [2.75, 3.05) is 23.3 Å². The van der Waals surface area contributed by atoms with Crippen LogP contribution in [0.4, 0.5) is 11.4 Å². The maximum atomic E-state index is 12.6. The van der Waals surface area contributed by atoms with E-state index in [1.807, 2.05) is 23.1 Å². The maximum Gasteiger partial charge on any atom is 0.313 e. The van der Waals surface area contributed by atoms with Gasteiger partial charge in [0.2, 0.25) is 5.91 Å². The molecular formula is C24H27N3O3S. The fourth-order valence-electron chi connectivity index (χ4n) is 5.39. The highest BCUT2D eigenvalue weighted by atomic mass is 32.1. The predicted octanol–water partition coefficient (Wildman–Crippen LogP) is 3.54. The number of thiophene rings is 1. The lowest BCUT2D eigenvalue weighted by atomic mass is 9.84. The van der Waals surface area contributed by atoms with Gasteiger partial charge in [-0.3, -0.25) is 14.4 Å². The Kier molecular flexibility index (Phi) is 5.30. The molecule has 6 nitrogen and oxygen atoms in total. The zero-order valence-electron chi connectivity index (χ0n) is 17.5. The Morgan fingerprint density at radius 1 is 1.03 bits per heavy atom. The zero-order valence-corrected chi connectivity index (χ0v) is 18.4. The molecule has 0 atom stereocenters. The van der Waals surface area contributed by atoms with E-state index in [0.717, 1.165) is 61.9 Å². The van der Waals surface area contributed by atoms with Crippen molar-refractivity contribution in [3.8, 4) is 0 Å². The molecule has 0 spiro atoms. The normalized spacial score (nSPS) is 19.1. The number of carbonyl (C=O) groups excluding carboxylic acids is 3. The molecule has 5 rings (SSSR count). The Bertz CT molecular complexity index is 1010. The average Bonchev–Trinajstić information content (AvgIpc) is 3.47. The van der Waals surface area contributed by atoms with E-state index in [4.69, 9.17) is 0 Å². The number of benzene rings is 1. The zero-order chi connectivity index (χ0) is 21.4. The average molecular weight is 438 g/mol. The first-order valence-electron chi connectivity index (χ1n) is 11.2. The highest BCUT2D eigenvalue weighted by Crippen LogP contribution is 2.42. The SMILES string of the molecule is O=C(NCC1(c2cccs2)CCCC1)C(=O)Nc1cc2c3c(c1)CCC(=O)N3CCC2. The van der Waals surface area contributed by atoms with E-state index in [1.54, 1.807) is 11.3 Å². The number of carbonyl (C=O) groups is 3. The monoisotopic (exact) mass is 437 g/mol. The van der Waals surface area contributed by atoms with Crippen molar-refractivity contribution < 1.29 is 14.4 Å². The summed E-state index contributed by atoms with van der Waals surface area (Å²) >= 11 is 1.72. The number of amides is 3. The van der Waals surface area contributed by atoms with Gasteiger partial charge >= 0.3 is 11.8 Å². The summed E-state index contributed by atoms with van der Waals surface area (Å²) < 4.78 is 0. The van der Waals surface area contributed by atoms with E-state index in [1.165, 1.54) is 4.88 Å². The van der Waals surface area contributed by atoms with Crippen LogP contribution in [-0.2, 0) is 32.6 Å². The molecule has 1 saturated carbocycles. The van der Waals surface area contributed by atoms with Crippen LogP contribution in [0, 0.1) is 0 Å². The molecule has 0 bridgehead atoms. The van der Waals surface area contributed by atoms with Crippen LogP contribution in [0.15, 0.2) is 29.6 Å². The number of anilines is 2. The Labute approximate surface area is 186 Å². The molecule has 162 valence electrons. The highest BCUT2D eigenvalue weighted by Gasteiger charge is 2.37. The second-order valence-electron chi connectivity index (χ2n) is 8.89. The van der Waals surface area contributed by atoms with Gasteiger partial charge in [-0.1, -0.05) is 18.9 Å². The van der Waals surface area contributed by atoms with Crippen LogP contribution in [0.5, 0.6) is 0 Å². The van der Waals surface area contributed by atoms with Crippen molar-refractivity contribution in [1.82, 2.24) is 5.32 Å². The van der Waals surface area contributed by atoms with Gasteiger partial charge in [-0.2, -0.15) is 0 Å². The van der Waals surface area contributed by atoms with Gasteiger partial charge in [0, 0.05) is 35.5 Å². The third kappa shape index (κ3) is 3.76. The predicted molar refractivity (Wildman–Crippen MR) is 122 cm³/mol. The molecule has 2 aromatic rings. The van der Waals surface area contributed by atoms with Crippen LogP contribution >= 0.6 is 11.3 Å². The van der Waals surface area contributed by atoms with Crippen LogP contribution in [0.3, 0.4) is 0 Å². The summed E-state index contributed by atoms with van der Waals surface area (Å²) in [7, 11) is 0. The van der Waals surface area contributed by atoms with Crippen molar-refractivity contribution in [1.29, 1.82) is 0 Å². The molecule has 1 aromatic carbocycles. The van der Waals surface area contributed by atoms with E-state index >= 15 is 0 Å². The second-order valence-corrected chi connectivity index (χ2v) is 9.84. The smallest absolute Gasteiger partial charge is 0.313 e. The molecule has 1 aliphatic carbocycles. The fourth-order valence-corrected chi connectivity index (χ4v) is 6.37. The lowest BCUT2D eigenvalue weighted by molar-refractivity contribution is -0.136. The Morgan fingerprint density at radius 3 is 2.55 bits per heavy atom. The molecule has 3 amide bonds. The summed E-state index contributed by atoms with van der Waals surface area (Å²) in [5.74, 6) is -1.05. The molecule has 0 radical (unpaired) electrons. The summed E-state index contributed by atoms with van der Waals surface area (Å²) in [6.45, 7) is 1.26. The van der Waals surface area contributed by atoms with Gasteiger partial charge in [0.05, 0.1) is 5.69 Å². The Morgan fingerprint density at radius 2 is 1.81 bits per heavy atom. The van der Waals surface area contributed by atoms with Crippen molar-refractivity contribution in [2.24, 2.45) is 0 Å². The van der Waals surface area contributed by atoms with Gasteiger partial charge < -0.3 is 15.5 Å². The summed E-state index contributed by atoms with van der Waals surface area (Å²) in [4.78, 5) is 40.6. The van der Waals surface area contributed by atoms with E-state index in [2.05, 4.69) is 22.1 Å². The van der Waals surface area contributed by atoms with Crippen molar-refractivity contribution in [3.63, 3.8) is 0 Å². The molecule has 3 aliphatic rings. The molecule has 0 unspecified atom stereocenters. The summed E-state index contributed by atoms with van der Waals surface area (Å²) in [5, 5.41) is 7.75.